The fourth-order valence-corrected chi connectivity index (χ4v) is 5.32. The van der Waals surface area contributed by atoms with Gasteiger partial charge in [-0.1, -0.05) is 47.6 Å². The largest absolute Gasteiger partial charge is 0.326 e. The first-order valence-corrected chi connectivity index (χ1v) is 11.0. The van der Waals surface area contributed by atoms with Gasteiger partial charge in [-0.15, -0.1) is 0 Å². The maximum absolute atomic E-state index is 14.3. The number of likely N-dealkylation sites (tertiary alicyclic amines) is 2. The van der Waals surface area contributed by atoms with Gasteiger partial charge in [0.15, 0.2) is 5.78 Å². The van der Waals surface area contributed by atoms with E-state index in [0.29, 0.717) is 24.1 Å². The summed E-state index contributed by atoms with van der Waals surface area (Å²) in [5.74, 6) is -0.680. The van der Waals surface area contributed by atoms with Crippen molar-refractivity contribution in [2.75, 3.05) is 13.1 Å². The second-order valence-corrected chi connectivity index (χ2v) is 8.80. The number of amides is 2. The van der Waals surface area contributed by atoms with Crippen LogP contribution in [0, 0.1) is 12.7 Å². The smallest absolute Gasteiger partial charge is 0.282 e. The topological polar surface area (TPSA) is 57.7 Å². The lowest BCUT2D eigenvalue weighted by molar-refractivity contribution is -0.119. The minimum Gasteiger partial charge on any atom is -0.326 e. The Hall–Kier alpha value is -2.38. The standard InChI is InChI=1S/C22H20ClFN2O3S/c1-13-7-8-16(23)15(19(13)24)12-30-22(29)25-10-9-17-20(25)18(27)11-26(17)21(28)14-5-3-2-4-6-14/h2-8,17,20H,9-12H2,1H3/t17-,20+/m1/s1. The van der Waals surface area contributed by atoms with Crippen LogP contribution in [0.25, 0.3) is 0 Å². The number of fused-ring (bicyclic) bond motifs is 1. The highest BCUT2D eigenvalue weighted by Crippen LogP contribution is 2.34. The zero-order chi connectivity index (χ0) is 21.4. The van der Waals surface area contributed by atoms with Crippen LogP contribution < -0.4 is 0 Å². The van der Waals surface area contributed by atoms with Crippen molar-refractivity contribution >= 4 is 40.3 Å². The molecular weight excluding hydrogens is 427 g/mol. The lowest BCUT2D eigenvalue weighted by Crippen LogP contribution is -2.42. The number of Topliss-reactive ketones (excluding diaryl/α,β-unsaturated/α-hetero) is 1. The zero-order valence-electron chi connectivity index (χ0n) is 16.3. The first kappa shape index (κ1) is 20.9. The predicted molar refractivity (Wildman–Crippen MR) is 114 cm³/mol. The number of hydrogen-bond donors (Lipinski definition) is 0. The molecule has 8 heteroatoms. The SMILES string of the molecule is Cc1ccc(Cl)c(CSC(=O)N2CC[C@@H]3[C@H]2C(=O)CN3C(=O)c2ccccc2)c1F. The molecule has 0 radical (unpaired) electrons. The summed E-state index contributed by atoms with van der Waals surface area (Å²) in [4.78, 5) is 41.4. The van der Waals surface area contributed by atoms with Gasteiger partial charge in [0, 0.05) is 28.4 Å². The molecule has 2 aliphatic heterocycles. The monoisotopic (exact) mass is 446 g/mol. The van der Waals surface area contributed by atoms with E-state index >= 15 is 0 Å². The molecule has 0 aliphatic carbocycles. The Kier molecular flexibility index (Phi) is 5.84. The molecule has 2 amide bonds. The Labute approximate surface area is 183 Å². The van der Waals surface area contributed by atoms with Gasteiger partial charge in [-0.3, -0.25) is 14.4 Å². The van der Waals surface area contributed by atoms with Crippen LogP contribution >= 0.6 is 23.4 Å². The molecule has 0 bridgehead atoms. The van der Waals surface area contributed by atoms with Crippen LogP contribution in [0.1, 0.15) is 27.9 Å². The number of benzene rings is 2. The Morgan fingerprint density at radius 3 is 2.63 bits per heavy atom. The highest BCUT2D eigenvalue weighted by molar-refractivity contribution is 8.12. The molecule has 30 heavy (non-hydrogen) atoms. The predicted octanol–water partition coefficient (Wildman–Crippen LogP) is 4.31. The van der Waals surface area contributed by atoms with Crippen LogP contribution in [-0.4, -0.2) is 51.9 Å². The van der Waals surface area contributed by atoms with Crippen molar-refractivity contribution in [3.63, 3.8) is 0 Å². The first-order valence-electron chi connectivity index (χ1n) is 9.64. The van der Waals surface area contributed by atoms with E-state index in [0.717, 1.165) is 11.8 Å². The van der Waals surface area contributed by atoms with Gasteiger partial charge in [0.05, 0.1) is 12.6 Å². The molecule has 2 aromatic carbocycles. The van der Waals surface area contributed by atoms with Crippen molar-refractivity contribution in [3.8, 4) is 0 Å². The lowest BCUT2D eigenvalue weighted by atomic mass is 10.1. The van der Waals surface area contributed by atoms with Crippen LogP contribution in [0.4, 0.5) is 9.18 Å². The second kappa shape index (κ2) is 8.40. The molecule has 5 nitrogen and oxygen atoms in total. The van der Waals surface area contributed by atoms with Crippen LogP contribution in [-0.2, 0) is 10.5 Å². The van der Waals surface area contributed by atoms with Crippen LogP contribution in [0.3, 0.4) is 0 Å². The molecule has 0 unspecified atom stereocenters. The molecule has 0 aromatic heterocycles. The third-order valence-electron chi connectivity index (χ3n) is 5.66. The van der Waals surface area contributed by atoms with Gasteiger partial charge >= 0.3 is 0 Å². The van der Waals surface area contributed by atoms with E-state index in [1.54, 1.807) is 48.2 Å². The third kappa shape index (κ3) is 3.72. The van der Waals surface area contributed by atoms with E-state index in [4.69, 9.17) is 11.6 Å². The van der Waals surface area contributed by atoms with Gasteiger partial charge in [-0.2, -0.15) is 0 Å². The van der Waals surface area contributed by atoms with Gasteiger partial charge < -0.3 is 9.80 Å². The van der Waals surface area contributed by atoms with Gasteiger partial charge in [0.1, 0.15) is 11.9 Å². The molecule has 2 fully saturated rings. The summed E-state index contributed by atoms with van der Waals surface area (Å²) in [7, 11) is 0. The summed E-state index contributed by atoms with van der Waals surface area (Å²) in [6.45, 7) is 2.02. The summed E-state index contributed by atoms with van der Waals surface area (Å²) in [6, 6.07) is 11.0. The Balaban J connectivity index is 1.46. The number of halogens is 2. The van der Waals surface area contributed by atoms with Crippen molar-refractivity contribution in [3.05, 3.63) is 70.0 Å². The number of rotatable bonds is 3. The molecule has 4 rings (SSSR count). The highest BCUT2D eigenvalue weighted by atomic mass is 35.5. The zero-order valence-corrected chi connectivity index (χ0v) is 17.9. The van der Waals surface area contributed by atoms with Crippen LogP contribution in [0.15, 0.2) is 42.5 Å². The molecule has 2 heterocycles. The summed E-state index contributed by atoms with van der Waals surface area (Å²) in [6.07, 6.45) is 0.543. The Bertz CT molecular complexity index is 1020. The van der Waals surface area contributed by atoms with Crippen molar-refractivity contribution in [2.45, 2.75) is 31.2 Å². The van der Waals surface area contributed by atoms with E-state index in [1.165, 1.54) is 4.90 Å². The van der Waals surface area contributed by atoms with E-state index < -0.39 is 11.9 Å². The van der Waals surface area contributed by atoms with Crippen molar-refractivity contribution in [1.29, 1.82) is 0 Å². The summed E-state index contributed by atoms with van der Waals surface area (Å²) in [5, 5.41) is -0.0314. The number of carbonyl (C=O) groups excluding carboxylic acids is 3. The van der Waals surface area contributed by atoms with Crippen LogP contribution in [0.5, 0.6) is 0 Å². The highest BCUT2D eigenvalue weighted by Gasteiger charge is 2.51. The molecule has 2 aromatic rings. The molecule has 156 valence electrons. The maximum atomic E-state index is 14.3. The number of hydrogen-bond acceptors (Lipinski definition) is 4. The first-order chi connectivity index (χ1) is 14.4. The normalized spacial score (nSPS) is 20.6. The van der Waals surface area contributed by atoms with E-state index in [9.17, 15) is 18.8 Å². The molecule has 0 N–H and O–H groups in total. The molecule has 0 saturated carbocycles. The van der Waals surface area contributed by atoms with Gasteiger partial charge in [-0.05, 0) is 37.1 Å². The number of aryl methyl sites for hydroxylation is 1. The Morgan fingerprint density at radius 1 is 1.17 bits per heavy atom. The third-order valence-corrected chi connectivity index (χ3v) is 6.93. The van der Waals surface area contributed by atoms with Crippen molar-refractivity contribution in [2.24, 2.45) is 0 Å². The molecule has 0 spiro atoms. The number of thioether (sulfide) groups is 1. The van der Waals surface area contributed by atoms with E-state index in [2.05, 4.69) is 0 Å². The van der Waals surface area contributed by atoms with Crippen molar-refractivity contribution < 1.29 is 18.8 Å². The minimum atomic E-state index is -0.643. The van der Waals surface area contributed by atoms with Gasteiger partial charge in [0.2, 0.25) is 0 Å². The Morgan fingerprint density at radius 2 is 1.90 bits per heavy atom. The van der Waals surface area contributed by atoms with Crippen LogP contribution in [0.2, 0.25) is 5.02 Å². The number of ketones is 1. The maximum Gasteiger partial charge on any atom is 0.282 e. The molecular formula is C22H20ClFN2O3S. The quantitative estimate of drug-likeness (QED) is 0.705. The van der Waals surface area contributed by atoms with E-state index in [1.807, 2.05) is 6.07 Å². The fraction of sp³-hybridized carbons (Fsp3) is 0.318. The number of carbonyl (C=O) groups is 3. The van der Waals surface area contributed by atoms with Crippen molar-refractivity contribution in [1.82, 2.24) is 9.80 Å². The van der Waals surface area contributed by atoms with Gasteiger partial charge in [0.25, 0.3) is 11.1 Å². The van der Waals surface area contributed by atoms with Gasteiger partial charge in [-0.25, -0.2) is 4.39 Å². The average Bonchev–Trinajstić information content (AvgIpc) is 3.32. The summed E-state index contributed by atoms with van der Waals surface area (Å²) in [5.41, 5.74) is 1.27. The molecule has 2 saturated heterocycles. The number of nitrogens with zero attached hydrogens (tertiary/aromatic N) is 2. The summed E-state index contributed by atoms with van der Waals surface area (Å²) >= 11 is 7.02. The fourth-order valence-electron chi connectivity index (χ4n) is 4.11. The summed E-state index contributed by atoms with van der Waals surface area (Å²) < 4.78 is 14.3. The molecule has 2 aliphatic rings. The molecule has 2 atom stereocenters. The van der Waals surface area contributed by atoms with E-state index in [-0.39, 0.29) is 45.9 Å². The lowest BCUT2D eigenvalue weighted by Gasteiger charge is -2.24. The average molecular weight is 447 g/mol. The second-order valence-electron chi connectivity index (χ2n) is 7.47. The minimum absolute atomic E-state index is 0.00412.